The maximum absolute atomic E-state index is 13.0. The summed E-state index contributed by atoms with van der Waals surface area (Å²) in [6, 6.07) is 25.3. The van der Waals surface area contributed by atoms with Crippen LogP contribution in [0.5, 0.6) is 5.75 Å². The van der Waals surface area contributed by atoms with Crippen molar-refractivity contribution in [1.29, 1.82) is 0 Å². The zero-order chi connectivity index (χ0) is 23.9. The van der Waals surface area contributed by atoms with E-state index in [1.165, 1.54) is 5.01 Å². The number of carbonyl (C=O) groups is 1. The largest absolute Gasteiger partial charge is 0.497 e. The Morgan fingerprint density at radius 2 is 1.76 bits per heavy atom. The number of rotatable bonds is 8. The van der Waals surface area contributed by atoms with E-state index in [1.54, 1.807) is 13.3 Å². The quantitative estimate of drug-likeness (QED) is 0.370. The summed E-state index contributed by atoms with van der Waals surface area (Å²) in [6.07, 6.45) is 2.21. The van der Waals surface area contributed by atoms with Gasteiger partial charge in [0.1, 0.15) is 5.75 Å². The number of hydrogen-bond acceptors (Lipinski definition) is 6. The van der Waals surface area contributed by atoms with Crippen molar-refractivity contribution in [3.63, 3.8) is 0 Å². The third-order valence-corrected chi connectivity index (χ3v) is 5.65. The third kappa shape index (κ3) is 5.43. The van der Waals surface area contributed by atoms with E-state index in [0.29, 0.717) is 6.42 Å². The molecule has 0 saturated carbocycles. The lowest BCUT2D eigenvalue weighted by Crippen LogP contribution is -2.30. The van der Waals surface area contributed by atoms with E-state index < -0.39 is 0 Å². The van der Waals surface area contributed by atoms with Gasteiger partial charge >= 0.3 is 0 Å². The molecule has 4 rings (SSSR count). The molecule has 0 bridgehead atoms. The van der Waals surface area contributed by atoms with E-state index in [9.17, 15) is 4.79 Å². The fourth-order valence-electron chi connectivity index (χ4n) is 3.75. The first-order valence-electron chi connectivity index (χ1n) is 11.1. The van der Waals surface area contributed by atoms with Crippen LogP contribution in [0.2, 0.25) is 0 Å². The zero-order valence-electron chi connectivity index (χ0n) is 19.6. The molecule has 3 aromatic carbocycles. The molecule has 0 saturated heterocycles. The van der Waals surface area contributed by atoms with Crippen molar-refractivity contribution in [1.82, 2.24) is 5.01 Å². The van der Waals surface area contributed by atoms with Crippen LogP contribution < -0.4 is 9.64 Å². The van der Waals surface area contributed by atoms with Crippen LogP contribution in [0.15, 0.2) is 89.1 Å². The van der Waals surface area contributed by atoms with Gasteiger partial charge in [0.15, 0.2) is 6.61 Å². The molecule has 0 aliphatic carbocycles. The third-order valence-electron chi connectivity index (χ3n) is 5.65. The molecule has 0 aromatic heterocycles. The number of amides is 1. The Kier molecular flexibility index (Phi) is 7.22. The van der Waals surface area contributed by atoms with Crippen molar-refractivity contribution < 1.29 is 14.4 Å². The van der Waals surface area contributed by atoms with Crippen LogP contribution >= 0.6 is 0 Å². The molecule has 1 unspecified atom stereocenters. The van der Waals surface area contributed by atoms with Crippen molar-refractivity contribution in [2.75, 3.05) is 32.7 Å². The van der Waals surface area contributed by atoms with Gasteiger partial charge in [-0.2, -0.15) is 5.10 Å². The highest BCUT2D eigenvalue weighted by molar-refractivity contribution is 6.03. The first-order chi connectivity index (χ1) is 16.5. The summed E-state index contributed by atoms with van der Waals surface area (Å²) in [5, 5.41) is 10.1. The molecular formula is C27H28N4O3. The van der Waals surface area contributed by atoms with Crippen molar-refractivity contribution in [3.8, 4) is 5.75 Å². The second-order valence-electron chi connectivity index (χ2n) is 8.14. The molecule has 1 aliphatic rings. The van der Waals surface area contributed by atoms with Gasteiger partial charge in [-0.3, -0.25) is 4.79 Å². The SMILES string of the molecule is COc1ccc(C2CC(c3ccccc3)=NN2C(=O)CO/N=C/c2ccc(N(C)C)cc2)cc1. The highest BCUT2D eigenvalue weighted by Gasteiger charge is 2.33. The van der Waals surface area contributed by atoms with Crippen molar-refractivity contribution in [2.24, 2.45) is 10.3 Å². The molecule has 1 heterocycles. The Bertz CT molecular complexity index is 1160. The molecule has 7 nitrogen and oxygen atoms in total. The van der Waals surface area contributed by atoms with E-state index in [4.69, 9.17) is 9.57 Å². The average Bonchev–Trinajstić information content (AvgIpc) is 3.33. The van der Waals surface area contributed by atoms with Gasteiger partial charge in [-0.25, -0.2) is 5.01 Å². The average molecular weight is 457 g/mol. The van der Waals surface area contributed by atoms with Gasteiger partial charge in [0, 0.05) is 26.2 Å². The topological polar surface area (TPSA) is 66.7 Å². The molecule has 0 radical (unpaired) electrons. The van der Waals surface area contributed by atoms with Gasteiger partial charge in [0.25, 0.3) is 5.91 Å². The molecule has 174 valence electrons. The van der Waals surface area contributed by atoms with E-state index in [2.05, 4.69) is 10.3 Å². The number of hydrazone groups is 1. The van der Waals surface area contributed by atoms with Crippen LogP contribution in [0, 0.1) is 0 Å². The van der Waals surface area contributed by atoms with Gasteiger partial charge in [-0.15, -0.1) is 0 Å². The standard InChI is InChI=1S/C27H28N4O3/c1-30(2)23-13-9-20(10-14-23)18-28-34-19-27(32)31-26(22-11-15-24(33-3)16-12-22)17-25(29-31)21-7-5-4-6-8-21/h4-16,18,26H,17,19H2,1-3H3/b28-18+. The minimum Gasteiger partial charge on any atom is -0.497 e. The summed E-state index contributed by atoms with van der Waals surface area (Å²) in [6.45, 7) is -0.204. The van der Waals surface area contributed by atoms with Crippen molar-refractivity contribution in [3.05, 3.63) is 95.6 Å². The first-order valence-corrected chi connectivity index (χ1v) is 11.1. The molecule has 7 heteroatoms. The van der Waals surface area contributed by atoms with Crippen LogP contribution in [0.25, 0.3) is 0 Å². The fourth-order valence-corrected chi connectivity index (χ4v) is 3.75. The molecule has 3 aromatic rings. The lowest BCUT2D eigenvalue weighted by atomic mass is 9.98. The van der Waals surface area contributed by atoms with Crippen LogP contribution in [-0.4, -0.2) is 50.7 Å². The van der Waals surface area contributed by atoms with Crippen molar-refractivity contribution >= 4 is 23.5 Å². The maximum Gasteiger partial charge on any atom is 0.283 e. The van der Waals surface area contributed by atoms with E-state index in [0.717, 1.165) is 33.8 Å². The minimum absolute atomic E-state index is 0.204. The summed E-state index contributed by atoms with van der Waals surface area (Å²) in [4.78, 5) is 20.4. The van der Waals surface area contributed by atoms with Gasteiger partial charge in [0.05, 0.1) is 25.1 Å². The number of benzene rings is 3. The Balaban J connectivity index is 1.46. The number of methoxy groups -OCH3 is 1. The smallest absolute Gasteiger partial charge is 0.283 e. The summed E-state index contributed by atoms with van der Waals surface area (Å²) in [5.41, 5.74) is 4.82. The predicted octanol–water partition coefficient (Wildman–Crippen LogP) is 4.49. The highest BCUT2D eigenvalue weighted by Crippen LogP contribution is 2.33. The number of carbonyl (C=O) groups excluding carboxylic acids is 1. The number of nitrogens with zero attached hydrogens (tertiary/aromatic N) is 4. The first kappa shape index (κ1) is 23.0. The van der Waals surface area contributed by atoms with Crippen molar-refractivity contribution in [2.45, 2.75) is 12.5 Å². The molecule has 0 N–H and O–H groups in total. The molecule has 34 heavy (non-hydrogen) atoms. The van der Waals surface area contributed by atoms with Crippen LogP contribution in [-0.2, 0) is 9.63 Å². The van der Waals surface area contributed by atoms with E-state index in [-0.39, 0.29) is 18.6 Å². The van der Waals surface area contributed by atoms with E-state index in [1.807, 2.05) is 97.9 Å². The van der Waals surface area contributed by atoms with Crippen LogP contribution in [0.1, 0.15) is 29.2 Å². The molecule has 0 spiro atoms. The molecule has 0 fully saturated rings. The highest BCUT2D eigenvalue weighted by atomic mass is 16.6. The Labute approximate surface area is 199 Å². The predicted molar refractivity (Wildman–Crippen MR) is 134 cm³/mol. The molecular weight excluding hydrogens is 428 g/mol. The van der Waals surface area contributed by atoms with Gasteiger partial charge in [-0.05, 0) is 41.0 Å². The monoisotopic (exact) mass is 456 g/mol. The summed E-state index contributed by atoms with van der Waals surface area (Å²) < 4.78 is 5.27. The van der Waals surface area contributed by atoms with E-state index >= 15 is 0 Å². The zero-order valence-corrected chi connectivity index (χ0v) is 19.6. The lowest BCUT2D eigenvalue weighted by molar-refractivity contribution is -0.137. The van der Waals surface area contributed by atoms with Gasteiger partial charge in [-0.1, -0.05) is 59.8 Å². The fraction of sp³-hybridized carbons (Fsp3) is 0.222. The second kappa shape index (κ2) is 10.7. The number of hydrogen-bond donors (Lipinski definition) is 0. The summed E-state index contributed by atoms with van der Waals surface area (Å²) in [7, 11) is 5.60. The molecule has 1 aliphatic heterocycles. The Morgan fingerprint density at radius 3 is 2.41 bits per heavy atom. The van der Waals surface area contributed by atoms with Crippen LogP contribution in [0.4, 0.5) is 5.69 Å². The van der Waals surface area contributed by atoms with Crippen LogP contribution in [0.3, 0.4) is 0 Å². The minimum atomic E-state index is -0.258. The Hall–Kier alpha value is -4.13. The second-order valence-corrected chi connectivity index (χ2v) is 8.14. The molecule has 1 atom stereocenters. The number of oxime groups is 1. The van der Waals surface area contributed by atoms with Gasteiger partial charge in [0.2, 0.25) is 0 Å². The summed E-state index contributed by atoms with van der Waals surface area (Å²) in [5.74, 6) is 0.506. The Morgan fingerprint density at radius 1 is 1.06 bits per heavy atom. The number of ether oxygens (including phenoxy) is 1. The van der Waals surface area contributed by atoms with Gasteiger partial charge < -0.3 is 14.5 Å². The summed E-state index contributed by atoms with van der Waals surface area (Å²) >= 11 is 0. The number of anilines is 1. The normalized spacial score (nSPS) is 15.3. The lowest BCUT2D eigenvalue weighted by Gasteiger charge is -2.21. The molecule has 1 amide bonds. The maximum atomic E-state index is 13.0.